The number of hydrogen-bond acceptors (Lipinski definition) is 4. The topological polar surface area (TPSA) is 86.8 Å². The average Bonchev–Trinajstić information content (AvgIpc) is 2.80. The zero-order chi connectivity index (χ0) is 27.2. The van der Waals surface area contributed by atoms with Gasteiger partial charge < -0.3 is 10.2 Å². The van der Waals surface area contributed by atoms with Gasteiger partial charge in [-0.25, -0.2) is 17.2 Å². The number of hydrogen-bond donors (Lipinski definition) is 1. The van der Waals surface area contributed by atoms with Crippen molar-refractivity contribution in [2.24, 2.45) is 0 Å². The van der Waals surface area contributed by atoms with E-state index in [-0.39, 0.29) is 34.7 Å². The minimum atomic E-state index is -4.10. The number of carbonyl (C=O) groups is 2. The van der Waals surface area contributed by atoms with Gasteiger partial charge in [0.1, 0.15) is 12.6 Å². The molecule has 0 saturated heterocycles. The number of carbonyl (C=O) groups excluding carboxylic acids is 2. The van der Waals surface area contributed by atoms with Gasteiger partial charge >= 0.3 is 0 Å². The monoisotopic (exact) mass is 563 g/mol. The Morgan fingerprint density at radius 2 is 1.64 bits per heavy atom. The van der Waals surface area contributed by atoms with Crippen LogP contribution in [-0.2, 0) is 26.2 Å². The lowest BCUT2D eigenvalue weighted by molar-refractivity contribution is -0.140. The molecule has 2 rings (SSSR count). The van der Waals surface area contributed by atoms with Crippen LogP contribution in [0.4, 0.5) is 14.5 Å². The Labute approximate surface area is 220 Å². The van der Waals surface area contributed by atoms with Crippen molar-refractivity contribution < 1.29 is 26.8 Å². The minimum absolute atomic E-state index is 0.165. The van der Waals surface area contributed by atoms with E-state index in [2.05, 4.69) is 5.32 Å². The molecule has 0 aromatic heterocycles. The largest absolute Gasteiger partial charge is 0.352 e. The lowest BCUT2D eigenvalue weighted by atomic mass is 10.1. The first-order valence-electron chi connectivity index (χ1n) is 11.3. The second-order valence-electron chi connectivity index (χ2n) is 8.33. The molecule has 2 amide bonds. The molecule has 0 heterocycles. The Balaban J connectivity index is 2.52. The smallest absolute Gasteiger partial charge is 0.244 e. The van der Waals surface area contributed by atoms with E-state index in [9.17, 15) is 26.8 Å². The number of anilines is 1. The van der Waals surface area contributed by atoms with Gasteiger partial charge in [-0.1, -0.05) is 43.1 Å². The first kappa shape index (κ1) is 29.8. The molecule has 2 unspecified atom stereocenters. The third-order valence-corrected chi connectivity index (χ3v) is 7.50. The summed E-state index contributed by atoms with van der Waals surface area (Å²) in [5.74, 6) is -3.62. The first-order chi connectivity index (χ1) is 16.8. The lowest BCUT2D eigenvalue weighted by Gasteiger charge is -2.33. The molecule has 2 aromatic rings. The van der Waals surface area contributed by atoms with Crippen molar-refractivity contribution in [3.05, 3.63) is 63.6 Å². The van der Waals surface area contributed by atoms with Crippen LogP contribution in [0.3, 0.4) is 0 Å². The van der Waals surface area contributed by atoms with E-state index in [0.29, 0.717) is 22.4 Å². The van der Waals surface area contributed by atoms with Gasteiger partial charge in [0.05, 0.1) is 11.9 Å². The maximum absolute atomic E-state index is 13.9. The molecule has 2 atom stereocenters. The predicted molar refractivity (Wildman–Crippen MR) is 138 cm³/mol. The quantitative estimate of drug-likeness (QED) is 0.427. The molecule has 7 nitrogen and oxygen atoms in total. The van der Waals surface area contributed by atoms with Crippen molar-refractivity contribution in [2.75, 3.05) is 17.1 Å². The van der Waals surface area contributed by atoms with Crippen molar-refractivity contribution in [3.8, 4) is 0 Å². The third kappa shape index (κ3) is 7.54. The van der Waals surface area contributed by atoms with Crippen LogP contribution in [0.5, 0.6) is 0 Å². The molecule has 0 aliphatic rings. The number of nitrogens with one attached hydrogen (secondary N) is 1. The lowest BCUT2D eigenvalue weighted by Crippen LogP contribution is -2.53. The number of nitrogens with zero attached hydrogens (tertiary/aromatic N) is 2. The number of sulfonamides is 1. The maximum atomic E-state index is 13.9. The van der Waals surface area contributed by atoms with Crippen LogP contribution in [0.1, 0.15) is 39.2 Å². The minimum Gasteiger partial charge on any atom is -0.352 e. The molecule has 0 aliphatic heterocycles. The van der Waals surface area contributed by atoms with E-state index in [1.165, 1.54) is 4.90 Å². The van der Waals surface area contributed by atoms with E-state index < -0.39 is 46.1 Å². The first-order valence-corrected chi connectivity index (χ1v) is 13.9. The summed E-state index contributed by atoms with van der Waals surface area (Å²) in [6.07, 6.45) is 1.70. The standard InChI is InChI=1S/C24H29Cl2F2N3O4S/c1-5-15(3)29-24(33)22(6-2)30(13-17-18(25)8-7-9-19(17)26)23(32)14-31(36(4,34)35)16-10-11-20(27)21(28)12-16/h7-12,15,22H,5-6,13-14H2,1-4H3,(H,29,33). The Morgan fingerprint density at radius 1 is 1.03 bits per heavy atom. The molecule has 1 N–H and O–H groups in total. The Morgan fingerprint density at radius 3 is 2.14 bits per heavy atom. The van der Waals surface area contributed by atoms with E-state index in [1.54, 1.807) is 25.1 Å². The predicted octanol–water partition coefficient (Wildman–Crippen LogP) is 4.76. The Hall–Kier alpha value is -2.43. The third-order valence-electron chi connectivity index (χ3n) is 5.65. The summed E-state index contributed by atoms with van der Waals surface area (Å²) < 4.78 is 53.0. The fourth-order valence-electron chi connectivity index (χ4n) is 3.47. The number of halogens is 4. The molecule has 36 heavy (non-hydrogen) atoms. The second-order valence-corrected chi connectivity index (χ2v) is 11.1. The SMILES string of the molecule is CCC(C)NC(=O)C(CC)N(Cc1c(Cl)cccc1Cl)C(=O)CN(c1ccc(F)c(F)c1)S(C)(=O)=O. The second kappa shape index (κ2) is 12.7. The molecule has 0 radical (unpaired) electrons. The molecule has 0 aliphatic carbocycles. The van der Waals surface area contributed by atoms with Crippen LogP contribution < -0.4 is 9.62 Å². The summed E-state index contributed by atoms with van der Waals surface area (Å²) in [4.78, 5) is 27.9. The zero-order valence-electron chi connectivity index (χ0n) is 20.4. The average molecular weight is 564 g/mol. The highest BCUT2D eigenvalue weighted by atomic mass is 35.5. The maximum Gasteiger partial charge on any atom is 0.244 e. The zero-order valence-corrected chi connectivity index (χ0v) is 22.7. The van der Waals surface area contributed by atoms with E-state index >= 15 is 0 Å². The van der Waals surface area contributed by atoms with Crippen molar-refractivity contribution in [1.29, 1.82) is 0 Å². The van der Waals surface area contributed by atoms with Crippen molar-refractivity contribution >= 4 is 50.7 Å². The van der Waals surface area contributed by atoms with Crippen LogP contribution >= 0.6 is 23.2 Å². The van der Waals surface area contributed by atoms with Gasteiger partial charge in [0.2, 0.25) is 21.8 Å². The highest BCUT2D eigenvalue weighted by Gasteiger charge is 2.33. The van der Waals surface area contributed by atoms with Crippen LogP contribution in [0.15, 0.2) is 36.4 Å². The Kier molecular flexibility index (Phi) is 10.5. The molecule has 198 valence electrons. The van der Waals surface area contributed by atoms with E-state index in [4.69, 9.17) is 23.2 Å². The highest BCUT2D eigenvalue weighted by Crippen LogP contribution is 2.28. The van der Waals surface area contributed by atoms with Gasteiger partial charge in [-0.2, -0.15) is 0 Å². The Bertz CT molecular complexity index is 1190. The molecule has 0 saturated carbocycles. The number of benzene rings is 2. The molecule has 2 aromatic carbocycles. The van der Waals surface area contributed by atoms with Crippen LogP contribution in [0.2, 0.25) is 10.0 Å². The van der Waals surface area contributed by atoms with E-state index in [0.717, 1.165) is 18.4 Å². The van der Waals surface area contributed by atoms with Crippen molar-refractivity contribution in [3.63, 3.8) is 0 Å². The fourth-order valence-corrected chi connectivity index (χ4v) is 4.83. The van der Waals surface area contributed by atoms with Crippen molar-refractivity contribution in [2.45, 2.75) is 52.2 Å². The van der Waals surface area contributed by atoms with Gasteiger partial charge in [-0.3, -0.25) is 13.9 Å². The van der Waals surface area contributed by atoms with Gasteiger partial charge in [-0.05, 0) is 44.0 Å². The summed E-state index contributed by atoms with van der Waals surface area (Å²) in [5.41, 5.74) is 0.139. The summed E-state index contributed by atoms with van der Waals surface area (Å²) in [6, 6.07) is 6.14. The van der Waals surface area contributed by atoms with Gasteiger partial charge in [-0.15, -0.1) is 0 Å². The van der Waals surface area contributed by atoms with Crippen LogP contribution in [0, 0.1) is 11.6 Å². The van der Waals surface area contributed by atoms with Crippen LogP contribution in [0.25, 0.3) is 0 Å². The summed E-state index contributed by atoms with van der Waals surface area (Å²) in [5, 5.41) is 3.36. The molecule has 0 spiro atoms. The van der Waals surface area contributed by atoms with Crippen LogP contribution in [-0.4, -0.2) is 50.0 Å². The van der Waals surface area contributed by atoms with Gasteiger partial charge in [0, 0.05) is 34.3 Å². The normalized spacial score (nSPS) is 13.1. The molecular weight excluding hydrogens is 535 g/mol. The summed E-state index contributed by atoms with van der Waals surface area (Å²) >= 11 is 12.6. The molecule has 0 bridgehead atoms. The van der Waals surface area contributed by atoms with Gasteiger partial charge in [0.15, 0.2) is 11.6 Å². The number of rotatable bonds is 11. The molecule has 0 fully saturated rings. The summed E-state index contributed by atoms with van der Waals surface area (Å²) in [7, 11) is -4.10. The van der Waals surface area contributed by atoms with Crippen molar-refractivity contribution in [1.82, 2.24) is 10.2 Å². The van der Waals surface area contributed by atoms with Gasteiger partial charge in [0.25, 0.3) is 0 Å². The summed E-state index contributed by atoms with van der Waals surface area (Å²) in [6.45, 7) is 4.47. The fraction of sp³-hybridized carbons (Fsp3) is 0.417. The van der Waals surface area contributed by atoms with E-state index in [1.807, 2.05) is 13.8 Å². The molecule has 12 heteroatoms. The molecular formula is C24H29Cl2F2N3O4S. The highest BCUT2D eigenvalue weighted by molar-refractivity contribution is 7.92. The number of amides is 2.